The Hall–Kier alpha value is -4.36. The average Bonchev–Trinajstić information content (AvgIpc) is 2.89. The molecule has 0 fully saturated rings. The monoisotopic (exact) mass is 447 g/mol. The molecule has 0 N–H and O–H groups in total. The van der Waals surface area contributed by atoms with Gasteiger partial charge in [-0.1, -0.05) is 65.7 Å². The van der Waals surface area contributed by atoms with Crippen LogP contribution < -0.4 is 4.90 Å². The van der Waals surface area contributed by atoms with Crippen molar-refractivity contribution in [2.75, 3.05) is 4.90 Å². The van der Waals surface area contributed by atoms with E-state index in [4.69, 9.17) is 0 Å². The fourth-order valence-corrected chi connectivity index (χ4v) is 5.33. The van der Waals surface area contributed by atoms with Gasteiger partial charge in [0.25, 0.3) is 0 Å². The lowest BCUT2D eigenvalue weighted by molar-refractivity contribution is 1.27. The molecule has 1 aliphatic rings. The van der Waals surface area contributed by atoms with Crippen molar-refractivity contribution in [1.82, 2.24) is 0 Å². The zero-order valence-electron chi connectivity index (χ0n) is 19.9. The highest BCUT2D eigenvalue weighted by atomic mass is 15.1. The Labute approximate surface area is 205 Å². The van der Waals surface area contributed by atoms with E-state index in [1.807, 2.05) is 0 Å². The van der Waals surface area contributed by atoms with Crippen LogP contribution in [0.4, 0.5) is 17.1 Å². The second-order valence-corrected chi connectivity index (χ2v) is 9.68. The summed E-state index contributed by atoms with van der Waals surface area (Å²) in [5, 5.41) is 5.15. The van der Waals surface area contributed by atoms with E-state index >= 15 is 0 Å². The Morgan fingerprint density at radius 3 is 1.26 bits per heavy atom. The van der Waals surface area contributed by atoms with Gasteiger partial charge in [0.1, 0.15) is 0 Å². The first-order valence-electron chi connectivity index (χ1n) is 12.2. The van der Waals surface area contributed by atoms with Crippen LogP contribution in [0.2, 0.25) is 0 Å². The molecule has 0 radical (unpaired) electrons. The molecule has 1 heteroatoms. The second-order valence-electron chi connectivity index (χ2n) is 9.68. The quantitative estimate of drug-likeness (QED) is 0.260. The Morgan fingerprint density at radius 2 is 0.771 bits per heavy atom. The van der Waals surface area contributed by atoms with Crippen LogP contribution >= 0.6 is 0 Å². The van der Waals surface area contributed by atoms with Crippen molar-refractivity contribution in [3.8, 4) is 22.3 Å². The van der Waals surface area contributed by atoms with Crippen LogP contribution in [0.15, 0.2) is 115 Å². The van der Waals surface area contributed by atoms with E-state index in [0.717, 1.165) is 0 Å². The maximum Gasteiger partial charge on any atom is 0.0468 e. The smallest absolute Gasteiger partial charge is 0.0468 e. The highest BCUT2D eigenvalue weighted by Crippen LogP contribution is 2.50. The van der Waals surface area contributed by atoms with Crippen LogP contribution in [-0.4, -0.2) is 0 Å². The maximum absolute atomic E-state index is 2.37. The third-order valence-corrected chi connectivity index (χ3v) is 7.27. The van der Waals surface area contributed by atoms with Gasteiger partial charge in [-0.15, -0.1) is 0 Å². The van der Waals surface area contributed by atoms with Gasteiger partial charge in [0.2, 0.25) is 0 Å². The molecule has 0 heterocycles. The standard InChI is InChI=1S/C34H25N/c1-22-7-12-28(13-8-22)35(29-14-9-23(2)10-15-29)30-16-11-26-20-33-31-18-24-5-3-4-6-25(24)19-32(31)34(33)21-27(26)17-30/h3-21H,1-2H3. The number of hydrogen-bond donors (Lipinski definition) is 0. The molecule has 1 aliphatic carbocycles. The van der Waals surface area contributed by atoms with E-state index in [9.17, 15) is 0 Å². The molecule has 6 aromatic rings. The normalized spacial score (nSPS) is 11.7. The zero-order valence-corrected chi connectivity index (χ0v) is 19.9. The summed E-state index contributed by atoms with van der Waals surface area (Å²) in [5.41, 5.74) is 11.5. The summed E-state index contributed by atoms with van der Waals surface area (Å²) in [7, 11) is 0. The highest BCUT2D eigenvalue weighted by Gasteiger charge is 2.24. The van der Waals surface area contributed by atoms with Gasteiger partial charge in [-0.05, 0) is 118 Å². The van der Waals surface area contributed by atoms with E-state index in [1.54, 1.807) is 0 Å². The number of benzene rings is 6. The van der Waals surface area contributed by atoms with Gasteiger partial charge >= 0.3 is 0 Å². The summed E-state index contributed by atoms with van der Waals surface area (Å²) >= 11 is 0. The molecule has 0 aromatic heterocycles. The SMILES string of the molecule is Cc1ccc(N(c2ccc(C)cc2)c2ccc3cc4c(cc3c2)-c2cc3ccccc3cc2-4)cc1. The van der Waals surface area contributed by atoms with E-state index in [-0.39, 0.29) is 0 Å². The van der Waals surface area contributed by atoms with Gasteiger partial charge in [-0.25, -0.2) is 0 Å². The molecule has 35 heavy (non-hydrogen) atoms. The van der Waals surface area contributed by atoms with Crippen LogP contribution in [0.3, 0.4) is 0 Å². The van der Waals surface area contributed by atoms with Crippen LogP contribution in [0.1, 0.15) is 11.1 Å². The van der Waals surface area contributed by atoms with E-state index in [0.29, 0.717) is 0 Å². The summed E-state index contributed by atoms with van der Waals surface area (Å²) in [4.78, 5) is 2.35. The average molecular weight is 448 g/mol. The fraction of sp³-hybridized carbons (Fsp3) is 0.0588. The molecule has 0 saturated carbocycles. The molecule has 1 nitrogen and oxygen atoms in total. The molecule has 0 atom stereocenters. The molecule has 0 aliphatic heterocycles. The minimum Gasteiger partial charge on any atom is -0.310 e. The predicted octanol–water partition coefficient (Wildman–Crippen LogP) is 9.73. The predicted molar refractivity (Wildman–Crippen MR) is 150 cm³/mol. The van der Waals surface area contributed by atoms with Gasteiger partial charge in [-0.2, -0.15) is 0 Å². The lowest BCUT2D eigenvalue weighted by atomic mass is 9.78. The summed E-state index contributed by atoms with van der Waals surface area (Å²) in [5.74, 6) is 0. The molecule has 0 saturated heterocycles. The molecule has 0 spiro atoms. The van der Waals surface area contributed by atoms with Crippen molar-refractivity contribution in [3.63, 3.8) is 0 Å². The maximum atomic E-state index is 2.37. The third-order valence-electron chi connectivity index (χ3n) is 7.27. The number of aryl methyl sites for hydroxylation is 2. The van der Waals surface area contributed by atoms with Gasteiger partial charge in [0.05, 0.1) is 0 Å². The molecule has 166 valence electrons. The summed E-state index contributed by atoms with van der Waals surface area (Å²) in [6.07, 6.45) is 0. The Kier molecular flexibility index (Phi) is 4.34. The molecule has 0 unspecified atom stereocenters. The summed E-state index contributed by atoms with van der Waals surface area (Å²) in [6.45, 7) is 4.27. The molecular formula is C34H25N. The van der Waals surface area contributed by atoms with Crippen molar-refractivity contribution in [1.29, 1.82) is 0 Å². The minimum atomic E-state index is 1.17. The number of anilines is 3. The van der Waals surface area contributed by atoms with E-state index in [1.165, 1.54) is 72.0 Å². The Morgan fingerprint density at radius 1 is 0.371 bits per heavy atom. The first-order chi connectivity index (χ1) is 17.1. The second kappa shape index (κ2) is 7.58. The van der Waals surface area contributed by atoms with E-state index in [2.05, 4.69) is 134 Å². The molecule has 0 bridgehead atoms. The summed E-state index contributed by atoms with van der Waals surface area (Å²) < 4.78 is 0. The van der Waals surface area contributed by atoms with Crippen LogP contribution in [0.25, 0.3) is 43.8 Å². The number of fused-ring (bicyclic) bond motifs is 6. The van der Waals surface area contributed by atoms with Crippen molar-refractivity contribution in [3.05, 3.63) is 126 Å². The van der Waals surface area contributed by atoms with Crippen molar-refractivity contribution >= 4 is 38.6 Å². The summed E-state index contributed by atoms with van der Waals surface area (Å²) in [6, 6.07) is 42.4. The zero-order chi connectivity index (χ0) is 23.5. The van der Waals surface area contributed by atoms with Gasteiger partial charge in [0.15, 0.2) is 0 Å². The Bertz CT molecular complexity index is 1700. The molecule has 7 rings (SSSR count). The van der Waals surface area contributed by atoms with Crippen LogP contribution in [0, 0.1) is 13.8 Å². The first-order valence-corrected chi connectivity index (χ1v) is 12.2. The van der Waals surface area contributed by atoms with Crippen molar-refractivity contribution in [2.45, 2.75) is 13.8 Å². The number of rotatable bonds is 3. The number of hydrogen-bond acceptors (Lipinski definition) is 1. The lowest BCUT2D eigenvalue weighted by Crippen LogP contribution is -2.10. The van der Waals surface area contributed by atoms with Crippen molar-refractivity contribution < 1.29 is 0 Å². The largest absolute Gasteiger partial charge is 0.310 e. The van der Waals surface area contributed by atoms with E-state index < -0.39 is 0 Å². The van der Waals surface area contributed by atoms with Gasteiger partial charge in [-0.3, -0.25) is 0 Å². The van der Waals surface area contributed by atoms with Crippen molar-refractivity contribution in [2.24, 2.45) is 0 Å². The van der Waals surface area contributed by atoms with Gasteiger partial charge in [0, 0.05) is 17.1 Å². The minimum absolute atomic E-state index is 1.17. The third kappa shape index (κ3) is 3.24. The topological polar surface area (TPSA) is 3.24 Å². The van der Waals surface area contributed by atoms with Crippen LogP contribution in [0.5, 0.6) is 0 Å². The highest BCUT2D eigenvalue weighted by molar-refractivity contribution is 6.12. The van der Waals surface area contributed by atoms with Gasteiger partial charge < -0.3 is 4.90 Å². The molecular weight excluding hydrogens is 422 g/mol. The first kappa shape index (κ1) is 20.1. The molecule has 0 amide bonds. The van der Waals surface area contributed by atoms with Crippen LogP contribution in [-0.2, 0) is 0 Å². The lowest BCUT2D eigenvalue weighted by Gasteiger charge is -2.28. The molecule has 6 aromatic carbocycles. The number of nitrogens with zero attached hydrogens (tertiary/aromatic N) is 1. The Balaban J connectivity index is 1.37. The fourth-order valence-electron chi connectivity index (χ4n) is 5.33.